The van der Waals surface area contributed by atoms with Crippen molar-refractivity contribution in [3.8, 4) is 22.4 Å². The van der Waals surface area contributed by atoms with Crippen LogP contribution in [0, 0.1) is 13.8 Å². The molecule has 0 bridgehead atoms. The average molecular weight is 468 g/mol. The minimum absolute atomic E-state index is 0.0335. The van der Waals surface area contributed by atoms with Crippen LogP contribution in [0.3, 0.4) is 0 Å². The summed E-state index contributed by atoms with van der Waals surface area (Å²) in [6.07, 6.45) is 4.45. The molecule has 4 aromatic rings. The first-order valence-electron chi connectivity index (χ1n) is 12.1. The number of likely N-dealkylation sites (tertiary alicyclic amines) is 1. The minimum Gasteiger partial charge on any atom is -0.389 e. The molecule has 0 unspecified atom stereocenters. The zero-order valence-electron chi connectivity index (χ0n) is 20.3. The van der Waals surface area contributed by atoms with Crippen molar-refractivity contribution in [2.45, 2.75) is 32.9 Å². The number of nitrogens with one attached hydrogen (secondary N) is 1. The number of aryl methyl sites for hydroxylation is 2. The van der Waals surface area contributed by atoms with Crippen LogP contribution >= 0.6 is 0 Å². The summed E-state index contributed by atoms with van der Waals surface area (Å²) in [5, 5.41) is 9.53. The second-order valence-electron chi connectivity index (χ2n) is 9.97. The van der Waals surface area contributed by atoms with Gasteiger partial charge in [0, 0.05) is 49.1 Å². The van der Waals surface area contributed by atoms with Gasteiger partial charge in [0.1, 0.15) is 5.52 Å². The molecule has 1 fully saturated rings. The van der Waals surface area contributed by atoms with E-state index >= 15 is 0 Å². The molecule has 0 saturated carbocycles. The van der Waals surface area contributed by atoms with Gasteiger partial charge in [-0.25, -0.2) is 9.97 Å². The lowest BCUT2D eigenvalue weighted by atomic mass is 9.92. The SMILES string of the molecule is Cc1cc(-c2c[nH]c3ncc(-c4cc(C)c5c(c4)CN(C)CC5)nc23)ccc1C(=O)N1CC(O)C1. The summed E-state index contributed by atoms with van der Waals surface area (Å²) in [7, 11) is 2.16. The quantitative estimate of drug-likeness (QED) is 0.480. The van der Waals surface area contributed by atoms with Crippen molar-refractivity contribution in [3.05, 3.63) is 70.5 Å². The highest BCUT2D eigenvalue weighted by Crippen LogP contribution is 2.32. The summed E-state index contributed by atoms with van der Waals surface area (Å²) in [4.78, 5) is 29.7. The second kappa shape index (κ2) is 8.29. The molecule has 4 heterocycles. The Morgan fingerprint density at radius 1 is 1.11 bits per heavy atom. The smallest absolute Gasteiger partial charge is 0.254 e. The third kappa shape index (κ3) is 3.81. The van der Waals surface area contributed by atoms with Gasteiger partial charge < -0.3 is 19.9 Å². The van der Waals surface area contributed by atoms with Gasteiger partial charge in [0.15, 0.2) is 5.65 Å². The number of H-pyrrole nitrogens is 1. The van der Waals surface area contributed by atoms with Gasteiger partial charge in [0.05, 0.1) is 18.0 Å². The number of aliphatic hydroxyl groups is 1. The molecule has 0 radical (unpaired) electrons. The molecule has 2 N–H and O–H groups in total. The minimum atomic E-state index is -0.405. The third-order valence-corrected chi connectivity index (χ3v) is 7.34. The van der Waals surface area contributed by atoms with E-state index < -0.39 is 6.10 Å². The van der Waals surface area contributed by atoms with E-state index in [0.29, 0.717) is 18.7 Å². The number of aromatic nitrogens is 3. The van der Waals surface area contributed by atoms with Gasteiger partial charge in [0.2, 0.25) is 0 Å². The number of carbonyl (C=O) groups is 1. The molecule has 1 saturated heterocycles. The van der Waals surface area contributed by atoms with Crippen molar-refractivity contribution < 1.29 is 9.90 Å². The zero-order chi connectivity index (χ0) is 24.3. The molecule has 35 heavy (non-hydrogen) atoms. The van der Waals surface area contributed by atoms with Gasteiger partial charge in [-0.15, -0.1) is 0 Å². The van der Waals surface area contributed by atoms with Gasteiger partial charge >= 0.3 is 0 Å². The van der Waals surface area contributed by atoms with E-state index in [4.69, 9.17) is 4.98 Å². The monoisotopic (exact) mass is 467 g/mol. The maximum atomic E-state index is 12.7. The lowest BCUT2D eigenvalue weighted by molar-refractivity contribution is 0.00584. The van der Waals surface area contributed by atoms with Crippen LogP contribution in [0.5, 0.6) is 0 Å². The summed E-state index contributed by atoms with van der Waals surface area (Å²) in [6, 6.07) is 10.4. The molecule has 2 aliphatic rings. The summed E-state index contributed by atoms with van der Waals surface area (Å²) < 4.78 is 0. The molecular formula is C28H29N5O2. The molecule has 0 aliphatic carbocycles. The Morgan fingerprint density at radius 2 is 1.91 bits per heavy atom. The van der Waals surface area contributed by atoms with E-state index in [1.165, 1.54) is 16.7 Å². The molecule has 2 aromatic heterocycles. The number of aliphatic hydroxyl groups excluding tert-OH is 1. The molecule has 178 valence electrons. The predicted octanol–water partition coefficient (Wildman–Crippen LogP) is 3.71. The Hall–Kier alpha value is -3.55. The van der Waals surface area contributed by atoms with Crippen LogP contribution < -0.4 is 0 Å². The van der Waals surface area contributed by atoms with Crippen LogP contribution in [0.25, 0.3) is 33.5 Å². The highest BCUT2D eigenvalue weighted by Gasteiger charge is 2.30. The van der Waals surface area contributed by atoms with Crippen LogP contribution in [0.1, 0.15) is 32.6 Å². The van der Waals surface area contributed by atoms with E-state index in [1.807, 2.05) is 37.5 Å². The first-order valence-corrected chi connectivity index (χ1v) is 12.1. The molecule has 6 rings (SSSR count). The van der Waals surface area contributed by atoms with Crippen molar-refractivity contribution >= 4 is 17.1 Å². The summed E-state index contributed by atoms with van der Waals surface area (Å²) >= 11 is 0. The van der Waals surface area contributed by atoms with Crippen LogP contribution in [0.4, 0.5) is 0 Å². The molecule has 0 spiro atoms. The van der Waals surface area contributed by atoms with Gasteiger partial charge in [-0.05, 0) is 73.3 Å². The number of rotatable bonds is 3. The van der Waals surface area contributed by atoms with Gasteiger partial charge in [0.25, 0.3) is 5.91 Å². The Balaban J connectivity index is 1.36. The molecule has 0 atom stereocenters. The molecular weight excluding hydrogens is 438 g/mol. The average Bonchev–Trinajstić information content (AvgIpc) is 3.24. The van der Waals surface area contributed by atoms with Crippen LogP contribution in [0.2, 0.25) is 0 Å². The number of carbonyl (C=O) groups excluding carboxylic acids is 1. The Morgan fingerprint density at radius 3 is 2.69 bits per heavy atom. The van der Waals surface area contributed by atoms with Gasteiger partial charge in [-0.3, -0.25) is 4.79 Å². The number of aromatic amines is 1. The molecule has 7 heteroatoms. The summed E-state index contributed by atoms with van der Waals surface area (Å²) in [5.41, 5.74) is 11.2. The number of nitrogens with zero attached hydrogens (tertiary/aromatic N) is 4. The Kier molecular flexibility index (Phi) is 5.20. The van der Waals surface area contributed by atoms with Crippen molar-refractivity contribution in [2.24, 2.45) is 0 Å². The van der Waals surface area contributed by atoms with E-state index in [0.717, 1.165) is 58.6 Å². The third-order valence-electron chi connectivity index (χ3n) is 7.34. The van der Waals surface area contributed by atoms with Gasteiger partial charge in [-0.1, -0.05) is 12.1 Å². The maximum absolute atomic E-state index is 12.7. The first kappa shape index (κ1) is 21.9. The fourth-order valence-corrected chi connectivity index (χ4v) is 5.32. The largest absolute Gasteiger partial charge is 0.389 e. The number of amides is 1. The highest BCUT2D eigenvalue weighted by molar-refractivity contribution is 5.98. The van der Waals surface area contributed by atoms with Crippen LogP contribution in [-0.2, 0) is 13.0 Å². The number of benzene rings is 2. The first-order chi connectivity index (χ1) is 16.9. The highest BCUT2D eigenvalue weighted by atomic mass is 16.3. The van der Waals surface area contributed by atoms with E-state index in [1.54, 1.807) is 4.90 Å². The number of likely N-dealkylation sites (N-methyl/N-ethyl adjacent to an activating group) is 1. The van der Waals surface area contributed by atoms with Crippen molar-refractivity contribution in [2.75, 3.05) is 26.7 Å². The predicted molar refractivity (Wildman–Crippen MR) is 136 cm³/mol. The van der Waals surface area contributed by atoms with Crippen molar-refractivity contribution in [1.82, 2.24) is 24.8 Å². The topological polar surface area (TPSA) is 85.4 Å². The summed E-state index contributed by atoms with van der Waals surface area (Å²) in [6.45, 7) is 6.99. The maximum Gasteiger partial charge on any atom is 0.254 e. The molecule has 2 aromatic carbocycles. The Bertz CT molecular complexity index is 1470. The number of fused-ring (bicyclic) bond motifs is 2. The van der Waals surface area contributed by atoms with Crippen LogP contribution in [0.15, 0.2) is 42.7 Å². The molecule has 1 amide bonds. The number of β-amino-alcohol motifs (C(OH)–C–C–N with tert-alkyl or cyclic N) is 1. The number of hydrogen-bond acceptors (Lipinski definition) is 5. The van der Waals surface area contributed by atoms with E-state index in [9.17, 15) is 9.90 Å². The standard InChI is InChI=1S/C28H29N5O2/c1-16-9-19(10-20-13-32(3)7-6-22(16)20)25-12-30-27-26(31-25)24(11-29-27)18-4-5-23(17(2)8-18)28(35)33-14-21(34)15-33/h4-5,8-12,21,34H,6-7,13-15H2,1-3H3,(H,29,30). The second-order valence-corrected chi connectivity index (χ2v) is 9.97. The fraction of sp³-hybridized carbons (Fsp3) is 0.321. The fourth-order valence-electron chi connectivity index (χ4n) is 5.32. The van der Waals surface area contributed by atoms with Crippen LogP contribution in [-0.4, -0.2) is 68.6 Å². The lowest BCUT2D eigenvalue weighted by Gasteiger charge is -2.36. The lowest BCUT2D eigenvalue weighted by Crippen LogP contribution is -2.53. The van der Waals surface area contributed by atoms with Crippen molar-refractivity contribution in [3.63, 3.8) is 0 Å². The molecule has 2 aliphatic heterocycles. The normalized spacial score (nSPS) is 16.4. The van der Waals surface area contributed by atoms with Gasteiger partial charge in [-0.2, -0.15) is 0 Å². The zero-order valence-corrected chi connectivity index (χ0v) is 20.3. The summed E-state index contributed by atoms with van der Waals surface area (Å²) in [5.74, 6) is -0.0335. The van der Waals surface area contributed by atoms with E-state index in [-0.39, 0.29) is 5.91 Å². The van der Waals surface area contributed by atoms with Crippen molar-refractivity contribution in [1.29, 1.82) is 0 Å². The Labute approximate surface area is 204 Å². The van der Waals surface area contributed by atoms with E-state index in [2.05, 4.69) is 41.0 Å². The molecule has 7 nitrogen and oxygen atoms in total. The number of hydrogen-bond donors (Lipinski definition) is 2.